The number of ether oxygens (including phenoxy) is 1. The molecule has 4 atom stereocenters. The van der Waals surface area contributed by atoms with Crippen LogP contribution in [-0.4, -0.2) is 18.0 Å². The lowest BCUT2D eigenvalue weighted by atomic mass is 9.70. The van der Waals surface area contributed by atoms with E-state index in [9.17, 15) is 0 Å². The maximum atomic E-state index is 7.56. The van der Waals surface area contributed by atoms with Gasteiger partial charge in [-0.1, -0.05) is 27.7 Å². The Kier molecular flexibility index (Phi) is 3.01. The van der Waals surface area contributed by atoms with Gasteiger partial charge in [0.05, 0.1) is 6.10 Å². The first-order chi connectivity index (χ1) is 7.83. The molecule has 0 amide bonds. The van der Waals surface area contributed by atoms with E-state index in [1.807, 2.05) is 6.92 Å². The summed E-state index contributed by atoms with van der Waals surface area (Å²) in [6.45, 7) is 9.15. The fraction of sp³-hybridized carbons (Fsp3) is 0.929. The first-order valence-electron chi connectivity index (χ1n) is 6.82. The first-order valence-corrected chi connectivity index (χ1v) is 6.82. The minimum Gasteiger partial charge on any atom is -0.385 e. The van der Waals surface area contributed by atoms with E-state index < -0.39 is 0 Å². The Labute approximate surface area is 105 Å². The third kappa shape index (κ3) is 1.70. The summed E-state index contributed by atoms with van der Waals surface area (Å²) < 4.78 is 6.15. The molecule has 0 radical (unpaired) electrons. The molecule has 2 fully saturated rings. The van der Waals surface area contributed by atoms with E-state index >= 15 is 0 Å². The van der Waals surface area contributed by atoms with E-state index in [2.05, 4.69) is 20.8 Å². The Bertz CT molecular complexity index is 326. The highest BCUT2D eigenvalue weighted by Crippen LogP contribution is 2.66. The van der Waals surface area contributed by atoms with Gasteiger partial charge in [0.15, 0.2) is 0 Å². The highest BCUT2D eigenvalue weighted by atomic mass is 16.5. The molecule has 0 aliphatic heterocycles. The molecule has 0 aromatic carbocycles. The molecule has 4 unspecified atom stereocenters. The summed E-state index contributed by atoms with van der Waals surface area (Å²) in [5.74, 6) is 0.957. The normalized spacial score (nSPS) is 40.5. The minimum atomic E-state index is -0.188. The summed E-state index contributed by atoms with van der Waals surface area (Å²) >= 11 is 0. The molecule has 98 valence electrons. The number of nitrogens with two attached hydrogens (primary N) is 1. The van der Waals surface area contributed by atoms with Crippen molar-refractivity contribution in [2.24, 2.45) is 22.5 Å². The van der Waals surface area contributed by atoms with E-state index in [1.54, 1.807) is 0 Å². The Morgan fingerprint density at radius 2 is 2.12 bits per heavy atom. The monoisotopic (exact) mass is 238 g/mol. The lowest BCUT2D eigenvalue weighted by Crippen LogP contribution is -2.42. The van der Waals surface area contributed by atoms with Crippen LogP contribution >= 0.6 is 0 Å². The topological polar surface area (TPSA) is 59.1 Å². The lowest BCUT2D eigenvalue weighted by Gasteiger charge is -2.40. The van der Waals surface area contributed by atoms with Gasteiger partial charge in [-0.25, -0.2) is 0 Å². The van der Waals surface area contributed by atoms with E-state index in [0.29, 0.717) is 5.41 Å². The van der Waals surface area contributed by atoms with Crippen LogP contribution in [0.3, 0.4) is 0 Å². The number of hydrogen-bond acceptors (Lipinski definition) is 2. The molecule has 2 aliphatic carbocycles. The van der Waals surface area contributed by atoms with Gasteiger partial charge in [0.1, 0.15) is 11.9 Å². The van der Waals surface area contributed by atoms with Crippen LogP contribution in [0.25, 0.3) is 0 Å². The van der Waals surface area contributed by atoms with Gasteiger partial charge in [0.25, 0.3) is 0 Å². The van der Waals surface area contributed by atoms with E-state index in [-0.39, 0.29) is 23.5 Å². The molecule has 0 saturated heterocycles. The van der Waals surface area contributed by atoms with Gasteiger partial charge in [-0.15, -0.1) is 0 Å². The summed E-state index contributed by atoms with van der Waals surface area (Å²) in [4.78, 5) is 0. The van der Waals surface area contributed by atoms with Crippen molar-refractivity contribution in [2.45, 2.75) is 65.6 Å². The lowest BCUT2D eigenvalue weighted by molar-refractivity contribution is -0.0657. The molecular weight excluding hydrogens is 212 g/mol. The standard InChI is InChI=1S/C14H26N2O/c1-5-10(12(15)16)17-11-8-9-6-7-14(11,4)13(9,2)3/h9-11H,5-8H2,1-4H3,(H3,15,16). The molecule has 2 rings (SSSR count). The van der Waals surface area contributed by atoms with Crippen molar-refractivity contribution in [3.63, 3.8) is 0 Å². The second-order valence-corrected chi connectivity index (χ2v) is 6.59. The van der Waals surface area contributed by atoms with Gasteiger partial charge in [-0.05, 0) is 42.4 Å². The first kappa shape index (κ1) is 12.9. The highest BCUT2D eigenvalue weighted by molar-refractivity contribution is 5.81. The number of fused-ring (bicyclic) bond motifs is 2. The van der Waals surface area contributed by atoms with Crippen molar-refractivity contribution >= 4 is 5.84 Å². The zero-order chi connectivity index (χ0) is 12.8. The maximum Gasteiger partial charge on any atom is 0.120 e. The molecule has 0 heterocycles. The smallest absolute Gasteiger partial charge is 0.120 e. The number of rotatable bonds is 4. The molecule has 2 saturated carbocycles. The van der Waals surface area contributed by atoms with Crippen molar-refractivity contribution < 1.29 is 4.74 Å². The summed E-state index contributed by atoms with van der Waals surface area (Å²) in [5, 5.41) is 7.56. The Morgan fingerprint density at radius 3 is 2.47 bits per heavy atom. The highest BCUT2D eigenvalue weighted by Gasteiger charge is 2.62. The van der Waals surface area contributed by atoms with Crippen molar-refractivity contribution in [1.29, 1.82) is 5.41 Å². The molecule has 0 spiro atoms. The van der Waals surface area contributed by atoms with Crippen LogP contribution in [0.5, 0.6) is 0 Å². The predicted molar refractivity (Wildman–Crippen MR) is 70.1 cm³/mol. The number of nitrogens with one attached hydrogen (secondary N) is 1. The molecule has 0 aromatic rings. The molecular formula is C14H26N2O. The average molecular weight is 238 g/mol. The minimum absolute atomic E-state index is 0.177. The number of hydrogen-bond donors (Lipinski definition) is 2. The van der Waals surface area contributed by atoms with Gasteiger partial charge in [-0.2, -0.15) is 0 Å². The summed E-state index contributed by atoms with van der Waals surface area (Å²) in [6, 6.07) is 0. The van der Waals surface area contributed by atoms with Crippen molar-refractivity contribution in [3.05, 3.63) is 0 Å². The van der Waals surface area contributed by atoms with Crippen LogP contribution < -0.4 is 5.73 Å². The van der Waals surface area contributed by atoms with Crippen LogP contribution in [0.2, 0.25) is 0 Å². The van der Waals surface area contributed by atoms with Gasteiger partial charge < -0.3 is 10.5 Å². The van der Waals surface area contributed by atoms with E-state index in [0.717, 1.165) is 18.8 Å². The molecule has 3 N–H and O–H groups in total. The summed E-state index contributed by atoms with van der Waals surface area (Å²) in [5.41, 5.74) is 6.22. The SMILES string of the molecule is CCC(OC1CC2CCC1(C)C2(C)C)C(=N)N. The Balaban J connectivity index is 2.13. The zero-order valence-corrected chi connectivity index (χ0v) is 11.5. The van der Waals surface area contributed by atoms with Gasteiger partial charge in [-0.3, -0.25) is 5.41 Å². The van der Waals surface area contributed by atoms with Crippen molar-refractivity contribution in [3.8, 4) is 0 Å². The second kappa shape index (κ2) is 3.98. The molecule has 2 aliphatic rings. The molecule has 2 bridgehead atoms. The predicted octanol–water partition coefficient (Wildman–Crippen LogP) is 2.93. The Morgan fingerprint density at radius 1 is 1.47 bits per heavy atom. The molecule has 3 nitrogen and oxygen atoms in total. The van der Waals surface area contributed by atoms with Crippen LogP contribution in [0.15, 0.2) is 0 Å². The third-order valence-corrected chi connectivity index (χ3v) is 5.76. The second-order valence-electron chi connectivity index (χ2n) is 6.59. The molecule has 0 aromatic heterocycles. The fourth-order valence-corrected chi connectivity index (χ4v) is 3.92. The van der Waals surface area contributed by atoms with Gasteiger partial charge in [0.2, 0.25) is 0 Å². The van der Waals surface area contributed by atoms with E-state index in [4.69, 9.17) is 15.9 Å². The van der Waals surface area contributed by atoms with Crippen LogP contribution in [0, 0.1) is 22.2 Å². The quantitative estimate of drug-likeness (QED) is 0.584. The summed E-state index contributed by atoms with van der Waals surface area (Å²) in [6.07, 6.45) is 4.63. The Hall–Kier alpha value is -0.570. The average Bonchev–Trinajstić information content (AvgIpc) is 2.57. The van der Waals surface area contributed by atoms with Crippen molar-refractivity contribution in [1.82, 2.24) is 0 Å². The fourth-order valence-electron chi connectivity index (χ4n) is 3.92. The van der Waals surface area contributed by atoms with Gasteiger partial charge in [0, 0.05) is 0 Å². The molecule has 3 heteroatoms. The largest absolute Gasteiger partial charge is 0.385 e. The maximum absolute atomic E-state index is 7.56. The van der Waals surface area contributed by atoms with E-state index in [1.165, 1.54) is 12.8 Å². The summed E-state index contributed by atoms with van der Waals surface area (Å²) in [7, 11) is 0. The van der Waals surface area contributed by atoms with Crippen LogP contribution in [0.4, 0.5) is 0 Å². The zero-order valence-electron chi connectivity index (χ0n) is 11.5. The van der Waals surface area contributed by atoms with Crippen LogP contribution in [-0.2, 0) is 4.74 Å². The van der Waals surface area contributed by atoms with Crippen molar-refractivity contribution in [2.75, 3.05) is 0 Å². The third-order valence-electron chi connectivity index (χ3n) is 5.76. The van der Waals surface area contributed by atoms with Crippen LogP contribution in [0.1, 0.15) is 53.4 Å². The van der Waals surface area contributed by atoms with Gasteiger partial charge >= 0.3 is 0 Å². The number of amidine groups is 1. The molecule has 17 heavy (non-hydrogen) atoms.